The number of benzene rings is 1. The molecule has 1 amide bonds. The number of amides is 1. The number of carbonyl (C=O) groups excluding carboxylic acids is 1. The van der Waals surface area contributed by atoms with Gasteiger partial charge in [-0.3, -0.25) is 4.79 Å². The van der Waals surface area contributed by atoms with Crippen molar-refractivity contribution in [1.29, 1.82) is 0 Å². The summed E-state index contributed by atoms with van der Waals surface area (Å²) in [7, 11) is 0. The molecule has 1 unspecified atom stereocenters. The van der Waals surface area contributed by atoms with E-state index in [1.54, 1.807) is 6.92 Å². The summed E-state index contributed by atoms with van der Waals surface area (Å²) in [4.78, 5) is 11.5. The van der Waals surface area contributed by atoms with Gasteiger partial charge in [0.05, 0.1) is 5.56 Å². The molecule has 1 aromatic rings. The summed E-state index contributed by atoms with van der Waals surface area (Å²) in [6, 6.07) is 3.14. The zero-order chi connectivity index (χ0) is 14.6. The van der Waals surface area contributed by atoms with Crippen LogP contribution in [0.5, 0.6) is 0 Å². The first-order chi connectivity index (χ1) is 8.68. The Labute approximate surface area is 129 Å². The number of carbonyl (C=O) groups is 1. The fourth-order valence-corrected chi connectivity index (χ4v) is 1.90. The van der Waals surface area contributed by atoms with Crippen molar-refractivity contribution in [2.75, 3.05) is 5.32 Å². The number of nitrogens with one attached hydrogen (secondary N) is 1. The van der Waals surface area contributed by atoms with Crippen LogP contribution in [0.3, 0.4) is 0 Å². The van der Waals surface area contributed by atoms with E-state index in [4.69, 9.17) is 5.73 Å². The minimum Gasteiger partial charge on any atom is -0.328 e. The number of alkyl halides is 3. The maximum atomic E-state index is 12.6. The molecule has 0 aliphatic heterocycles. The monoisotopic (exact) mass is 374 g/mol. The van der Waals surface area contributed by atoms with Crippen LogP contribution in [0.2, 0.25) is 0 Å². The van der Waals surface area contributed by atoms with Crippen LogP contribution in [0.1, 0.15) is 25.3 Å². The van der Waals surface area contributed by atoms with E-state index in [0.717, 1.165) is 12.1 Å². The predicted octanol–water partition coefficient (Wildman–Crippen LogP) is 3.96. The molecule has 1 aromatic carbocycles. The molecule has 1 atom stereocenters. The van der Waals surface area contributed by atoms with E-state index >= 15 is 0 Å². The highest BCUT2D eigenvalue weighted by atomic mass is 79.9. The number of anilines is 1. The quantitative estimate of drug-likeness (QED) is 0.837. The van der Waals surface area contributed by atoms with E-state index in [1.807, 2.05) is 0 Å². The van der Waals surface area contributed by atoms with Crippen molar-refractivity contribution in [3.8, 4) is 0 Å². The standard InChI is InChI=1S/C12H14BrF3N2O.ClH/c1-7(17)2-3-11(19)18-10-5-8(12(14,15)16)4-9(13)6-10;/h4-7H,2-3,17H2,1H3,(H,18,19);1H. The summed E-state index contributed by atoms with van der Waals surface area (Å²) < 4.78 is 38.0. The van der Waals surface area contributed by atoms with Crippen molar-refractivity contribution in [3.63, 3.8) is 0 Å². The summed E-state index contributed by atoms with van der Waals surface area (Å²) in [5, 5.41) is 2.43. The molecule has 3 nitrogen and oxygen atoms in total. The molecule has 0 saturated carbocycles. The number of nitrogens with two attached hydrogens (primary N) is 1. The molecule has 3 N–H and O–H groups in total. The van der Waals surface area contributed by atoms with Gasteiger partial charge in [0.2, 0.25) is 5.91 Å². The summed E-state index contributed by atoms with van der Waals surface area (Å²) in [6.45, 7) is 1.76. The van der Waals surface area contributed by atoms with Crippen molar-refractivity contribution >= 4 is 39.9 Å². The van der Waals surface area contributed by atoms with Gasteiger partial charge < -0.3 is 11.1 Å². The highest BCUT2D eigenvalue weighted by Gasteiger charge is 2.31. The van der Waals surface area contributed by atoms with Crippen LogP contribution in [-0.4, -0.2) is 11.9 Å². The SMILES string of the molecule is CC(N)CCC(=O)Nc1cc(Br)cc(C(F)(F)F)c1.Cl. The normalized spacial score (nSPS) is 12.5. The lowest BCUT2D eigenvalue weighted by Crippen LogP contribution is -2.19. The molecule has 0 heterocycles. The third-order valence-electron chi connectivity index (χ3n) is 2.34. The smallest absolute Gasteiger partial charge is 0.328 e. The van der Waals surface area contributed by atoms with E-state index in [0.29, 0.717) is 6.42 Å². The average molecular weight is 376 g/mol. The fraction of sp³-hybridized carbons (Fsp3) is 0.417. The third kappa shape index (κ3) is 6.58. The van der Waals surface area contributed by atoms with Crippen LogP contribution in [0.4, 0.5) is 18.9 Å². The molecule has 114 valence electrons. The molecule has 0 bridgehead atoms. The van der Waals surface area contributed by atoms with Gasteiger partial charge in [-0.1, -0.05) is 15.9 Å². The van der Waals surface area contributed by atoms with Gasteiger partial charge in [-0.15, -0.1) is 12.4 Å². The van der Waals surface area contributed by atoms with Gasteiger partial charge >= 0.3 is 6.18 Å². The number of hydrogen-bond acceptors (Lipinski definition) is 2. The van der Waals surface area contributed by atoms with Crippen LogP contribution in [0, 0.1) is 0 Å². The van der Waals surface area contributed by atoms with Gasteiger partial charge in [0, 0.05) is 22.6 Å². The minimum atomic E-state index is -4.45. The summed E-state index contributed by atoms with van der Waals surface area (Å²) >= 11 is 2.99. The van der Waals surface area contributed by atoms with Gasteiger partial charge in [-0.25, -0.2) is 0 Å². The molecule has 0 radical (unpaired) electrons. The first-order valence-electron chi connectivity index (χ1n) is 5.61. The largest absolute Gasteiger partial charge is 0.416 e. The van der Waals surface area contributed by atoms with Crippen LogP contribution < -0.4 is 11.1 Å². The molecule has 0 fully saturated rings. The molecule has 20 heavy (non-hydrogen) atoms. The Morgan fingerprint density at radius 2 is 2.00 bits per heavy atom. The molecule has 0 aliphatic carbocycles. The van der Waals surface area contributed by atoms with E-state index < -0.39 is 11.7 Å². The van der Waals surface area contributed by atoms with Gasteiger partial charge in [-0.2, -0.15) is 13.2 Å². The van der Waals surface area contributed by atoms with E-state index in [-0.39, 0.29) is 40.9 Å². The topological polar surface area (TPSA) is 55.1 Å². The van der Waals surface area contributed by atoms with E-state index in [9.17, 15) is 18.0 Å². The lowest BCUT2D eigenvalue weighted by Gasteiger charge is -2.11. The molecule has 8 heteroatoms. The Hall–Kier alpha value is -0.790. The highest BCUT2D eigenvalue weighted by Crippen LogP contribution is 2.33. The molecular formula is C12H15BrClF3N2O. The lowest BCUT2D eigenvalue weighted by molar-refractivity contribution is -0.137. The van der Waals surface area contributed by atoms with Gasteiger partial charge in [0.1, 0.15) is 0 Å². The lowest BCUT2D eigenvalue weighted by atomic mass is 10.1. The maximum Gasteiger partial charge on any atom is 0.416 e. The Morgan fingerprint density at radius 3 is 2.50 bits per heavy atom. The zero-order valence-electron chi connectivity index (χ0n) is 10.6. The Bertz CT molecular complexity index is 467. The zero-order valence-corrected chi connectivity index (χ0v) is 13.0. The van der Waals surface area contributed by atoms with Crippen molar-refractivity contribution in [2.24, 2.45) is 5.73 Å². The molecule has 1 rings (SSSR count). The van der Waals surface area contributed by atoms with E-state index in [2.05, 4.69) is 21.2 Å². The van der Waals surface area contributed by atoms with Crippen LogP contribution in [0.25, 0.3) is 0 Å². The average Bonchev–Trinajstić information content (AvgIpc) is 2.24. The van der Waals surface area contributed by atoms with Crippen molar-refractivity contribution in [1.82, 2.24) is 0 Å². The maximum absolute atomic E-state index is 12.6. The van der Waals surface area contributed by atoms with Crippen LogP contribution >= 0.6 is 28.3 Å². The van der Waals surface area contributed by atoms with Crippen LogP contribution in [0.15, 0.2) is 22.7 Å². The number of hydrogen-bond donors (Lipinski definition) is 2. The highest BCUT2D eigenvalue weighted by molar-refractivity contribution is 9.10. The third-order valence-corrected chi connectivity index (χ3v) is 2.79. The van der Waals surface area contributed by atoms with E-state index in [1.165, 1.54) is 6.07 Å². The second kappa shape index (κ2) is 7.85. The van der Waals surface area contributed by atoms with Gasteiger partial charge in [0.15, 0.2) is 0 Å². The Balaban J connectivity index is 0.00000361. The minimum absolute atomic E-state index is 0. The summed E-state index contributed by atoms with van der Waals surface area (Å²) in [5.41, 5.74) is 4.80. The first-order valence-corrected chi connectivity index (χ1v) is 6.41. The van der Waals surface area contributed by atoms with Gasteiger partial charge in [0.25, 0.3) is 0 Å². The van der Waals surface area contributed by atoms with Gasteiger partial charge in [-0.05, 0) is 31.5 Å². The van der Waals surface area contributed by atoms with Crippen LogP contribution in [-0.2, 0) is 11.0 Å². The first kappa shape index (κ1) is 19.2. The number of halogens is 5. The molecule has 0 saturated heterocycles. The molecule has 0 aliphatic rings. The fourth-order valence-electron chi connectivity index (χ4n) is 1.41. The molecule has 0 aromatic heterocycles. The Morgan fingerprint density at radius 1 is 1.40 bits per heavy atom. The second-order valence-corrected chi connectivity index (χ2v) is 5.21. The summed E-state index contributed by atoms with van der Waals surface area (Å²) in [5.74, 6) is -0.358. The van der Waals surface area contributed by atoms with Crippen molar-refractivity contribution < 1.29 is 18.0 Å². The summed E-state index contributed by atoms with van der Waals surface area (Å²) in [6.07, 6.45) is -3.80. The number of rotatable bonds is 4. The predicted molar refractivity (Wildman–Crippen MR) is 77.9 cm³/mol. The molecule has 0 spiro atoms. The van der Waals surface area contributed by atoms with Crippen molar-refractivity contribution in [3.05, 3.63) is 28.2 Å². The van der Waals surface area contributed by atoms with Crippen molar-refractivity contribution in [2.45, 2.75) is 32.0 Å². The second-order valence-electron chi connectivity index (χ2n) is 4.29. The molecular weight excluding hydrogens is 360 g/mol. The Kier molecular flexibility index (Phi) is 7.54.